The number of aromatic hydroxyl groups is 1. The quantitative estimate of drug-likeness (QED) is 0.758. The zero-order valence-corrected chi connectivity index (χ0v) is 10.2. The number of methoxy groups -OCH3 is 1. The molecule has 4 N–H and O–H groups in total. The van der Waals surface area contributed by atoms with E-state index >= 15 is 0 Å². The molecule has 0 spiro atoms. The third-order valence-corrected chi connectivity index (χ3v) is 2.91. The van der Waals surface area contributed by atoms with E-state index < -0.39 is 12.1 Å². The minimum atomic E-state index is -0.979. The predicted octanol–water partition coefficient (Wildman–Crippen LogP) is 1.74. The van der Waals surface area contributed by atoms with Gasteiger partial charge in [-0.3, -0.25) is 0 Å². The Balaban J connectivity index is 3.41. The lowest BCUT2D eigenvalue weighted by Crippen LogP contribution is -2.25. The molecule has 0 amide bonds. The van der Waals surface area contributed by atoms with Crippen molar-refractivity contribution in [3.63, 3.8) is 0 Å². The van der Waals surface area contributed by atoms with E-state index in [1.807, 2.05) is 0 Å². The van der Waals surface area contributed by atoms with E-state index in [1.54, 1.807) is 13.8 Å². The van der Waals surface area contributed by atoms with Gasteiger partial charge in [-0.2, -0.15) is 0 Å². The molecule has 0 aliphatic rings. The van der Waals surface area contributed by atoms with Gasteiger partial charge >= 0.3 is 0 Å². The molecule has 2 unspecified atom stereocenters. The van der Waals surface area contributed by atoms with Crippen molar-refractivity contribution in [3.05, 3.63) is 22.2 Å². The highest BCUT2D eigenvalue weighted by molar-refractivity contribution is 6.31. The Morgan fingerprint density at radius 1 is 1.50 bits per heavy atom. The smallest absolute Gasteiger partial charge is 0.163 e. The van der Waals surface area contributed by atoms with E-state index in [0.717, 1.165) is 0 Å². The molecule has 0 aromatic heterocycles. The van der Waals surface area contributed by atoms with Crippen molar-refractivity contribution < 1.29 is 14.9 Å². The van der Waals surface area contributed by atoms with Crippen molar-refractivity contribution in [3.8, 4) is 11.5 Å². The van der Waals surface area contributed by atoms with Crippen LogP contribution >= 0.6 is 11.6 Å². The van der Waals surface area contributed by atoms with Gasteiger partial charge < -0.3 is 20.7 Å². The van der Waals surface area contributed by atoms with Gasteiger partial charge in [0.2, 0.25) is 0 Å². The second kappa shape index (κ2) is 4.91. The fourth-order valence-corrected chi connectivity index (χ4v) is 1.71. The summed E-state index contributed by atoms with van der Waals surface area (Å²) in [4.78, 5) is 0. The summed E-state index contributed by atoms with van der Waals surface area (Å²) in [5.41, 5.74) is 6.52. The van der Waals surface area contributed by atoms with Crippen LogP contribution in [0.25, 0.3) is 0 Å². The lowest BCUT2D eigenvalue weighted by atomic mass is 9.97. The number of benzene rings is 1. The second-order valence-corrected chi connectivity index (χ2v) is 4.16. The molecule has 0 saturated heterocycles. The van der Waals surface area contributed by atoms with Crippen LogP contribution < -0.4 is 10.5 Å². The average molecular weight is 246 g/mol. The Morgan fingerprint density at radius 3 is 2.50 bits per heavy atom. The molecule has 5 heteroatoms. The number of phenols is 1. The molecule has 0 heterocycles. The molecule has 0 fully saturated rings. The summed E-state index contributed by atoms with van der Waals surface area (Å²) in [6.45, 7) is 3.36. The van der Waals surface area contributed by atoms with Crippen LogP contribution in [0, 0.1) is 6.92 Å². The van der Waals surface area contributed by atoms with Gasteiger partial charge in [0.05, 0.1) is 13.2 Å². The SMILES string of the molecule is COc1cc(Cl)c(C)c(C(O)C(C)N)c1O. The summed E-state index contributed by atoms with van der Waals surface area (Å²) < 4.78 is 4.96. The molecular formula is C11H16ClNO3. The van der Waals surface area contributed by atoms with Crippen LogP contribution in [0.2, 0.25) is 5.02 Å². The molecule has 2 atom stereocenters. The predicted molar refractivity (Wildman–Crippen MR) is 63.0 cm³/mol. The van der Waals surface area contributed by atoms with Gasteiger partial charge in [-0.05, 0) is 19.4 Å². The fourth-order valence-electron chi connectivity index (χ4n) is 1.51. The van der Waals surface area contributed by atoms with Crippen LogP contribution in [0.5, 0.6) is 11.5 Å². The van der Waals surface area contributed by atoms with E-state index in [1.165, 1.54) is 13.2 Å². The van der Waals surface area contributed by atoms with Gasteiger partial charge in [0.1, 0.15) is 0 Å². The molecule has 1 rings (SSSR count). The zero-order valence-electron chi connectivity index (χ0n) is 9.49. The number of halogens is 1. The summed E-state index contributed by atoms with van der Waals surface area (Å²) in [5.74, 6) is 0.111. The van der Waals surface area contributed by atoms with Crippen LogP contribution in [0.15, 0.2) is 6.07 Å². The van der Waals surface area contributed by atoms with Crippen molar-refractivity contribution in [2.24, 2.45) is 5.73 Å². The Kier molecular flexibility index (Phi) is 4.02. The number of phenolic OH excluding ortho intramolecular Hbond substituents is 1. The summed E-state index contributed by atoms with van der Waals surface area (Å²) in [7, 11) is 1.42. The summed E-state index contributed by atoms with van der Waals surface area (Å²) >= 11 is 5.98. The molecular weight excluding hydrogens is 230 g/mol. The number of aliphatic hydroxyl groups excluding tert-OH is 1. The van der Waals surface area contributed by atoms with Crippen molar-refractivity contribution in [2.75, 3.05) is 7.11 Å². The first-order chi connectivity index (χ1) is 7.40. The number of hydrogen-bond acceptors (Lipinski definition) is 4. The van der Waals surface area contributed by atoms with Gasteiger partial charge in [-0.1, -0.05) is 11.6 Å². The number of nitrogens with two attached hydrogens (primary N) is 1. The van der Waals surface area contributed by atoms with E-state index in [4.69, 9.17) is 22.1 Å². The summed E-state index contributed by atoms with van der Waals surface area (Å²) in [5, 5.41) is 20.2. The van der Waals surface area contributed by atoms with E-state index in [2.05, 4.69) is 0 Å². The monoisotopic (exact) mass is 245 g/mol. The molecule has 90 valence electrons. The third-order valence-electron chi connectivity index (χ3n) is 2.52. The second-order valence-electron chi connectivity index (χ2n) is 3.75. The lowest BCUT2D eigenvalue weighted by molar-refractivity contribution is 0.148. The highest BCUT2D eigenvalue weighted by Gasteiger charge is 2.23. The Bertz CT molecular complexity index is 393. The first kappa shape index (κ1) is 13.1. The largest absolute Gasteiger partial charge is 0.504 e. The Hall–Kier alpha value is -0.970. The fraction of sp³-hybridized carbons (Fsp3) is 0.455. The number of rotatable bonds is 3. The number of ether oxygens (including phenoxy) is 1. The number of hydrogen-bond donors (Lipinski definition) is 3. The summed E-state index contributed by atoms with van der Waals surface area (Å²) in [6.07, 6.45) is -0.979. The van der Waals surface area contributed by atoms with Gasteiger partial charge in [0.25, 0.3) is 0 Å². The van der Waals surface area contributed by atoms with Gasteiger partial charge in [-0.25, -0.2) is 0 Å². The molecule has 0 aliphatic heterocycles. The average Bonchev–Trinajstić information content (AvgIpc) is 2.23. The van der Waals surface area contributed by atoms with Crippen molar-refractivity contribution in [1.29, 1.82) is 0 Å². The zero-order chi connectivity index (χ0) is 12.5. The molecule has 0 radical (unpaired) electrons. The van der Waals surface area contributed by atoms with Crippen LogP contribution in [0.3, 0.4) is 0 Å². The van der Waals surface area contributed by atoms with Crippen LogP contribution in [0.4, 0.5) is 0 Å². The topological polar surface area (TPSA) is 75.7 Å². The summed E-state index contributed by atoms with van der Waals surface area (Å²) in [6, 6.07) is 0.997. The van der Waals surface area contributed by atoms with Gasteiger partial charge in [0, 0.05) is 22.7 Å². The highest BCUT2D eigenvalue weighted by Crippen LogP contribution is 2.40. The third kappa shape index (κ3) is 2.24. The van der Waals surface area contributed by atoms with Crippen molar-refractivity contribution >= 4 is 11.6 Å². The molecule has 4 nitrogen and oxygen atoms in total. The molecule has 0 saturated carbocycles. The van der Waals surface area contributed by atoms with Crippen LogP contribution in [-0.4, -0.2) is 23.4 Å². The Labute approximate surface area is 99.6 Å². The van der Waals surface area contributed by atoms with Crippen LogP contribution in [-0.2, 0) is 0 Å². The minimum Gasteiger partial charge on any atom is -0.504 e. The first-order valence-corrected chi connectivity index (χ1v) is 5.27. The van der Waals surface area contributed by atoms with Crippen molar-refractivity contribution in [1.82, 2.24) is 0 Å². The maximum Gasteiger partial charge on any atom is 0.163 e. The highest BCUT2D eigenvalue weighted by atomic mass is 35.5. The van der Waals surface area contributed by atoms with Crippen molar-refractivity contribution in [2.45, 2.75) is 26.0 Å². The first-order valence-electron chi connectivity index (χ1n) is 4.89. The Morgan fingerprint density at radius 2 is 2.06 bits per heavy atom. The van der Waals surface area contributed by atoms with Gasteiger partial charge in [0.15, 0.2) is 11.5 Å². The van der Waals surface area contributed by atoms with E-state index in [-0.39, 0.29) is 11.5 Å². The lowest BCUT2D eigenvalue weighted by Gasteiger charge is -2.20. The number of aliphatic hydroxyl groups is 1. The molecule has 1 aromatic carbocycles. The molecule has 0 bridgehead atoms. The van der Waals surface area contributed by atoms with Gasteiger partial charge in [-0.15, -0.1) is 0 Å². The molecule has 1 aromatic rings. The maximum absolute atomic E-state index is 9.91. The molecule has 0 aliphatic carbocycles. The maximum atomic E-state index is 9.91. The minimum absolute atomic E-state index is 0.116. The van der Waals surface area contributed by atoms with Crippen LogP contribution in [0.1, 0.15) is 24.2 Å². The molecule has 16 heavy (non-hydrogen) atoms. The van der Waals surface area contributed by atoms with E-state index in [9.17, 15) is 10.2 Å². The normalized spacial score (nSPS) is 14.6. The standard InChI is InChI=1S/C11H16ClNO3/c1-5-7(12)4-8(16-3)11(15)9(5)10(14)6(2)13/h4,6,10,14-15H,13H2,1-3H3. The van der Waals surface area contributed by atoms with E-state index in [0.29, 0.717) is 16.1 Å².